The Morgan fingerprint density at radius 2 is 2.00 bits per heavy atom. The lowest BCUT2D eigenvalue weighted by Gasteiger charge is -2.16. The number of aliphatic hydroxyl groups excluding tert-OH is 1. The van der Waals surface area contributed by atoms with Crippen molar-refractivity contribution < 1.29 is 9.90 Å². The third kappa shape index (κ3) is 4.26. The topological polar surface area (TPSA) is 52.6 Å². The van der Waals surface area contributed by atoms with E-state index in [0.717, 1.165) is 26.4 Å². The van der Waals surface area contributed by atoms with Gasteiger partial charge in [0.05, 0.1) is 18.3 Å². The van der Waals surface area contributed by atoms with Crippen molar-refractivity contribution in [3.63, 3.8) is 0 Å². The molecule has 1 aliphatic heterocycles. The van der Waals surface area contributed by atoms with Crippen LogP contribution >= 0.6 is 47.8 Å². The summed E-state index contributed by atoms with van der Waals surface area (Å²) in [5.74, 6) is -0.0853. The summed E-state index contributed by atoms with van der Waals surface area (Å²) in [6.07, 6.45) is 0.429. The van der Waals surface area contributed by atoms with Gasteiger partial charge in [-0.05, 0) is 50.4 Å². The Labute approximate surface area is 136 Å². The molecule has 2 rings (SSSR count). The molecule has 1 amide bonds. The summed E-state index contributed by atoms with van der Waals surface area (Å²) in [6, 6.07) is 3.75. The molecule has 0 spiro atoms. The van der Waals surface area contributed by atoms with Gasteiger partial charge in [-0.15, -0.1) is 0 Å². The molecular formula is C12H13Br3N2O2. The predicted octanol–water partition coefficient (Wildman–Crippen LogP) is 2.98. The van der Waals surface area contributed by atoms with Gasteiger partial charge < -0.3 is 10.4 Å². The number of nitrogens with zero attached hydrogens (tertiary/aromatic N) is 1. The number of likely N-dealkylation sites (tertiary alicyclic amines) is 1. The predicted molar refractivity (Wildman–Crippen MR) is 85.2 cm³/mol. The summed E-state index contributed by atoms with van der Waals surface area (Å²) in [5, 5.41) is 12.3. The monoisotopic (exact) mass is 454 g/mol. The van der Waals surface area contributed by atoms with Crippen LogP contribution in [0.25, 0.3) is 0 Å². The average Bonchev–Trinajstić information content (AvgIpc) is 2.69. The van der Waals surface area contributed by atoms with E-state index in [2.05, 4.69) is 53.1 Å². The molecule has 7 heteroatoms. The molecule has 1 saturated heterocycles. The first-order valence-electron chi connectivity index (χ1n) is 5.80. The molecule has 19 heavy (non-hydrogen) atoms. The number of hydrogen-bond acceptors (Lipinski definition) is 3. The third-order valence-electron chi connectivity index (χ3n) is 2.89. The largest absolute Gasteiger partial charge is 0.392 e. The van der Waals surface area contributed by atoms with E-state index in [1.54, 1.807) is 0 Å². The van der Waals surface area contributed by atoms with E-state index in [1.807, 2.05) is 17.0 Å². The fraction of sp³-hybridized carbons (Fsp3) is 0.417. The second-order valence-electron chi connectivity index (χ2n) is 4.47. The van der Waals surface area contributed by atoms with Crippen molar-refractivity contribution in [2.45, 2.75) is 12.5 Å². The van der Waals surface area contributed by atoms with E-state index in [4.69, 9.17) is 0 Å². The highest BCUT2D eigenvalue weighted by Gasteiger charge is 2.22. The molecule has 0 radical (unpaired) electrons. The lowest BCUT2D eigenvalue weighted by molar-refractivity contribution is -0.117. The van der Waals surface area contributed by atoms with Crippen molar-refractivity contribution in [1.29, 1.82) is 0 Å². The summed E-state index contributed by atoms with van der Waals surface area (Å²) in [6.45, 7) is 1.62. The number of halogens is 3. The number of β-amino-alcohol motifs (C(OH)–C–C–N with tert-alkyl or cyclic N) is 1. The number of carbonyl (C=O) groups excluding carboxylic acids is 1. The van der Waals surface area contributed by atoms with E-state index in [-0.39, 0.29) is 12.0 Å². The molecule has 1 fully saturated rings. The standard InChI is InChI=1S/C12H13Br3N2O2/c13-7-3-9(14)12(10(15)4-7)16-11(19)6-17-2-1-8(18)5-17/h3-4,8,18H,1-2,5-6H2,(H,16,19). The minimum Gasteiger partial charge on any atom is -0.392 e. The number of rotatable bonds is 3. The summed E-state index contributed by atoms with van der Waals surface area (Å²) in [4.78, 5) is 13.9. The SMILES string of the molecule is O=C(CN1CCC(O)C1)Nc1c(Br)cc(Br)cc1Br. The maximum absolute atomic E-state index is 12.0. The quantitative estimate of drug-likeness (QED) is 0.735. The van der Waals surface area contributed by atoms with Gasteiger partial charge in [-0.1, -0.05) is 15.9 Å². The van der Waals surface area contributed by atoms with Crippen LogP contribution in [0.3, 0.4) is 0 Å². The molecule has 1 aromatic carbocycles. The molecular weight excluding hydrogens is 444 g/mol. The van der Waals surface area contributed by atoms with Crippen LogP contribution in [0.4, 0.5) is 5.69 Å². The lowest BCUT2D eigenvalue weighted by atomic mass is 10.3. The summed E-state index contributed by atoms with van der Waals surface area (Å²) >= 11 is 10.2. The minimum atomic E-state index is -0.307. The summed E-state index contributed by atoms with van der Waals surface area (Å²) in [5.41, 5.74) is 0.716. The second-order valence-corrected chi connectivity index (χ2v) is 7.09. The van der Waals surface area contributed by atoms with Crippen molar-refractivity contribution in [3.05, 3.63) is 25.6 Å². The maximum Gasteiger partial charge on any atom is 0.238 e. The number of benzene rings is 1. The van der Waals surface area contributed by atoms with Gasteiger partial charge in [0.25, 0.3) is 0 Å². The number of hydrogen-bond donors (Lipinski definition) is 2. The van der Waals surface area contributed by atoms with Crippen LogP contribution in [0.15, 0.2) is 25.6 Å². The first-order valence-corrected chi connectivity index (χ1v) is 8.18. The van der Waals surface area contributed by atoms with Crippen molar-refractivity contribution in [1.82, 2.24) is 4.90 Å². The first-order chi connectivity index (χ1) is 8.95. The fourth-order valence-corrected chi connectivity index (χ4v) is 4.46. The Morgan fingerprint density at radius 3 is 2.53 bits per heavy atom. The van der Waals surface area contributed by atoms with Gasteiger partial charge in [0.15, 0.2) is 0 Å². The van der Waals surface area contributed by atoms with Crippen LogP contribution in [0.5, 0.6) is 0 Å². The lowest BCUT2D eigenvalue weighted by Crippen LogP contribution is -2.32. The minimum absolute atomic E-state index is 0.0853. The van der Waals surface area contributed by atoms with E-state index in [0.29, 0.717) is 18.8 Å². The number of carbonyl (C=O) groups is 1. The third-order valence-corrected chi connectivity index (χ3v) is 4.59. The first kappa shape index (κ1) is 15.4. The molecule has 0 aromatic heterocycles. The van der Waals surface area contributed by atoms with E-state index in [1.165, 1.54) is 0 Å². The van der Waals surface area contributed by atoms with Crippen LogP contribution < -0.4 is 5.32 Å². The molecule has 0 bridgehead atoms. The maximum atomic E-state index is 12.0. The Bertz CT molecular complexity index is 473. The highest BCUT2D eigenvalue weighted by atomic mass is 79.9. The van der Waals surface area contributed by atoms with Gasteiger partial charge in [-0.2, -0.15) is 0 Å². The number of nitrogens with one attached hydrogen (secondary N) is 1. The Kier molecular flexibility index (Phi) is 5.42. The Morgan fingerprint density at radius 1 is 1.37 bits per heavy atom. The zero-order valence-corrected chi connectivity index (χ0v) is 14.8. The molecule has 1 unspecified atom stereocenters. The van der Waals surface area contributed by atoms with Crippen LogP contribution in [0, 0.1) is 0 Å². The number of amides is 1. The van der Waals surface area contributed by atoms with Crippen LogP contribution in [0.1, 0.15) is 6.42 Å². The molecule has 0 aliphatic carbocycles. The molecule has 4 nitrogen and oxygen atoms in total. The van der Waals surface area contributed by atoms with E-state index < -0.39 is 0 Å². The Balaban J connectivity index is 1.99. The van der Waals surface area contributed by atoms with Crippen LogP contribution in [0.2, 0.25) is 0 Å². The normalized spacial score (nSPS) is 19.7. The fourth-order valence-electron chi connectivity index (χ4n) is 2.00. The van der Waals surface area contributed by atoms with Gasteiger partial charge in [0.1, 0.15) is 0 Å². The van der Waals surface area contributed by atoms with Gasteiger partial charge in [0, 0.05) is 26.5 Å². The number of anilines is 1. The summed E-state index contributed by atoms with van der Waals surface area (Å²) in [7, 11) is 0. The molecule has 1 heterocycles. The van der Waals surface area contributed by atoms with Crippen molar-refractivity contribution >= 4 is 59.4 Å². The average molecular weight is 457 g/mol. The molecule has 2 N–H and O–H groups in total. The second kappa shape index (κ2) is 6.67. The zero-order chi connectivity index (χ0) is 14.0. The highest BCUT2D eigenvalue weighted by Crippen LogP contribution is 2.34. The highest BCUT2D eigenvalue weighted by molar-refractivity contribution is 9.11. The Hall–Kier alpha value is 0.0500. The van der Waals surface area contributed by atoms with E-state index >= 15 is 0 Å². The van der Waals surface area contributed by atoms with Gasteiger partial charge >= 0.3 is 0 Å². The molecule has 1 aliphatic rings. The molecule has 104 valence electrons. The zero-order valence-electron chi connectivity index (χ0n) is 10.00. The molecule has 1 aromatic rings. The van der Waals surface area contributed by atoms with Crippen LogP contribution in [-0.4, -0.2) is 41.7 Å². The molecule has 0 saturated carbocycles. The smallest absolute Gasteiger partial charge is 0.238 e. The van der Waals surface area contributed by atoms with Crippen molar-refractivity contribution in [3.8, 4) is 0 Å². The van der Waals surface area contributed by atoms with Crippen LogP contribution in [-0.2, 0) is 4.79 Å². The number of aliphatic hydroxyl groups is 1. The van der Waals surface area contributed by atoms with Gasteiger partial charge in [-0.25, -0.2) is 0 Å². The van der Waals surface area contributed by atoms with Crippen molar-refractivity contribution in [2.75, 3.05) is 25.0 Å². The van der Waals surface area contributed by atoms with Gasteiger partial charge in [-0.3, -0.25) is 9.69 Å². The summed E-state index contributed by atoms with van der Waals surface area (Å²) < 4.78 is 2.54. The van der Waals surface area contributed by atoms with E-state index in [9.17, 15) is 9.90 Å². The van der Waals surface area contributed by atoms with Crippen molar-refractivity contribution in [2.24, 2.45) is 0 Å². The van der Waals surface area contributed by atoms with Gasteiger partial charge in [0.2, 0.25) is 5.91 Å². The molecule has 1 atom stereocenters.